The second-order valence-electron chi connectivity index (χ2n) is 3.70. The maximum absolute atomic E-state index is 5.70. The van der Waals surface area contributed by atoms with E-state index in [-0.39, 0.29) is 0 Å². The number of alkyl halides is 1. The van der Waals surface area contributed by atoms with Crippen LogP contribution in [-0.2, 0) is 4.74 Å². The van der Waals surface area contributed by atoms with E-state index >= 15 is 0 Å². The fourth-order valence-electron chi connectivity index (χ4n) is 1.53. The molecule has 0 aliphatic rings. The lowest BCUT2D eigenvalue weighted by Gasteiger charge is -2.11. The van der Waals surface area contributed by atoms with Gasteiger partial charge in [-0.2, -0.15) is 0 Å². The van der Waals surface area contributed by atoms with Crippen LogP contribution in [0.15, 0.2) is 30.3 Å². The standard InChI is InChI=1S/C14H19BrO2/c1-12(6-5-9-15)13-7-3-4-8-14(13)17-11-10-16-2/h3-4,6-8H,5,9-11H2,1-2H3/b12-6+. The van der Waals surface area contributed by atoms with Gasteiger partial charge in [-0.15, -0.1) is 0 Å². The summed E-state index contributed by atoms with van der Waals surface area (Å²) in [5, 5.41) is 0.983. The zero-order chi connectivity index (χ0) is 12.5. The van der Waals surface area contributed by atoms with Crippen molar-refractivity contribution in [3.8, 4) is 5.75 Å². The molecule has 0 aromatic heterocycles. The first-order valence-corrected chi connectivity index (χ1v) is 6.85. The summed E-state index contributed by atoms with van der Waals surface area (Å²) in [6, 6.07) is 8.10. The maximum Gasteiger partial charge on any atom is 0.126 e. The van der Waals surface area contributed by atoms with Crippen LogP contribution >= 0.6 is 15.9 Å². The van der Waals surface area contributed by atoms with Crippen molar-refractivity contribution < 1.29 is 9.47 Å². The van der Waals surface area contributed by atoms with E-state index in [1.807, 2.05) is 18.2 Å². The van der Waals surface area contributed by atoms with Crippen molar-refractivity contribution in [1.29, 1.82) is 0 Å². The molecule has 1 aromatic rings. The van der Waals surface area contributed by atoms with Gasteiger partial charge in [-0.25, -0.2) is 0 Å². The van der Waals surface area contributed by atoms with Gasteiger partial charge in [0.1, 0.15) is 12.4 Å². The molecule has 0 fully saturated rings. The summed E-state index contributed by atoms with van der Waals surface area (Å²) in [4.78, 5) is 0. The molecule has 0 heterocycles. The zero-order valence-corrected chi connectivity index (χ0v) is 12.0. The number of benzene rings is 1. The van der Waals surface area contributed by atoms with Crippen LogP contribution < -0.4 is 4.74 Å². The lowest BCUT2D eigenvalue weighted by atomic mass is 10.1. The molecule has 0 atom stereocenters. The van der Waals surface area contributed by atoms with E-state index in [1.165, 1.54) is 5.57 Å². The molecule has 0 spiro atoms. The minimum atomic E-state index is 0.583. The molecule has 0 radical (unpaired) electrons. The lowest BCUT2D eigenvalue weighted by molar-refractivity contribution is 0.146. The molecule has 1 aromatic carbocycles. The highest BCUT2D eigenvalue weighted by molar-refractivity contribution is 9.09. The molecule has 0 N–H and O–H groups in total. The van der Waals surface area contributed by atoms with E-state index in [1.54, 1.807) is 7.11 Å². The van der Waals surface area contributed by atoms with Crippen molar-refractivity contribution in [2.45, 2.75) is 13.3 Å². The molecule has 94 valence electrons. The van der Waals surface area contributed by atoms with Crippen molar-refractivity contribution >= 4 is 21.5 Å². The summed E-state index contributed by atoms with van der Waals surface area (Å²) >= 11 is 3.43. The molecule has 17 heavy (non-hydrogen) atoms. The summed E-state index contributed by atoms with van der Waals surface area (Å²) in [6.07, 6.45) is 3.24. The summed E-state index contributed by atoms with van der Waals surface area (Å²) < 4.78 is 10.7. The third-order valence-electron chi connectivity index (χ3n) is 2.42. The molecule has 0 amide bonds. The van der Waals surface area contributed by atoms with Crippen LogP contribution in [0.2, 0.25) is 0 Å². The predicted octanol–water partition coefficient (Wildman–Crippen LogP) is 3.90. The van der Waals surface area contributed by atoms with Crippen molar-refractivity contribution in [3.05, 3.63) is 35.9 Å². The normalized spacial score (nSPS) is 11.6. The van der Waals surface area contributed by atoms with Gasteiger partial charge in [-0.1, -0.05) is 40.2 Å². The van der Waals surface area contributed by atoms with Crippen molar-refractivity contribution in [1.82, 2.24) is 0 Å². The molecule has 3 heteroatoms. The Labute approximate surface area is 112 Å². The largest absolute Gasteiger partial charge is 0.491 e. The fraction of sp³-hybridized carbons (Fsp3) is 0.429. The Bertz CT molecular complexity index is 361. The van der Waals surface area contributed by atoms with Gasteiger partial charge in [-0.3, -0.25) is 0 Å². The summed E-state index contributed by atoms with van der Waals surface area (Å²) in [5.74, 6) is 0.924. The molecule has 0 aliphatic heterocycles. The molecular weight excluding hydrogens is 280 g/mol. The van der Waals surface area contributed by atoms with Crippen molar-refractivity contribution in [2.75, 3.05) is 25.7 Å². The Balaban J connectivity index is 2.76. The number of halogens is 1. The summed E-state index contributed by atoms with van der Waals surface area (Å²) in [7, 11) is 1.68. The minimum Gasteiger partial charge on any atom is -0.491 e. The first kappa shape index (κ1) is 14.3. The molecule has 0 bridgehead atoms. The van der Waals surface area contributed by atoms with Crippen molar-refractivity contribution in [3.63, 3.8) is 0 Å². The summed E-state index contributed by atoms with van der Waals surface area (Å²) in [6.45, 7) is 3.30. The number of methoxy groups -OCH3 is 1. The first-order chi connectivity index (χ1) is 8.29. The number of hydrogen-bond donors (Lipinski definition) is 0. The minimum absolute atomic E-state index is 0.583. The Hall–Kier alpha value is -0.800. The van der Waals surface area contributed by atoms with E-state index in [4.69, 9.17) is 9.47 Å². The topological polar surface area (TPSA) is 18.5 Å². The SMILES string of the molecule is COCCOc1ccccc1/C(C)=C/CCBr. The Morgan fingerprint density at radius 3 is 2.76 bits per heavy atom. The van der Waals surface area contributed by atoms with Gasteiger partial charge in [0.25, 0.3) is 0 Å². The fourth-order valence-corrected chi connectivity index (χ4v) is 1.76. The van der Waals surface area contributed by atoms with Gasteiger partial charge < -0.3 is 9.47 Å². The second-order valence-corrected chi connectivity index (χ2v) is 4.50. The Morgan fingerprint density at radius 1 is 1.29 bits per heavy atom. The van der Waals surface area contributed by atoms with Crippen LogP contribution in [0.5, 0.6) is 5.75 Å². The van der Waals surface area contributed by atoms with Gasteiger partial charge in [0, 0.05) is 18.0 Å². The third kappa shape index (κ3) is 4.92. The van der Waals surface area contributed by atoms with Gasteiger partial charge in [0.15, 0.2) is 0 Å². The number of rotatable bonds is 7. The maximum atomic E-state index is 5.70. The average Bonchev–Trinajstić information content (AvgIpc) is 2.37. The van der Waals surface area contributed by atoms with Crippen LogP contribution in [0.1, 0.15) is 18.9 Å². The first-order valence-electron chi connectivity index (χ1n) is 5.73. The van der Waals surface area contributed by atoms with Crippen LogP contribution in [-0.4, -0.2) is 25.7 Å². The molecule has 0 saturated carbocycles. The van der Waals surface area contributed by atoms with Crippen LogP contribution in [0, 0.1) is 0 Å². The molecule has 0 saturated heterocycles. The monoisotopic (exact) mass is 298 g/mol. The number of allylic oxidation sites excluding steroid dienone is 2. The van der Waals surface area contributed by atoms with Crippen LogP contribution in [0.4, 0.5) is 0 Å². The highest BCUT2D eigenvalue weighted by Crippen LogP contribution is 2.25. The number of ether oxygens (including phenoxy) is 2. The van der Waals surface area contributed by atoms with Gasteiger partial charge >= 0.3 is 0 Å². The van der Waals surface area contributed by atoms with Gasteiger partial charge in [0.2, 0.25) is 0 Å². The Morgan fingerprint density at radius 2 is 2.06 bits per heavy atom. The Kier molecular flexibility index (Phi) is 6.97. The molecule has 1 rings (SSSR count). The van der Waals surface area contributed by atoms with Crippen molar-refractivity contribution in [2.24, 2.45) is 0 Å². The third-order valence-corrected chi connectivity index (χ3v) is 2.87. The smallest absolute Gasteiger partial charge is 0.126 e. The van der Waals surface area contributed by atoms with E-state index in [0.29, 0.717) is 13.2 Å². The average molecular weight is 299 g/mol. The van der Waals surface area contributed by atoms with E-state index in [9.17, 15) is 0 Å². The zero-order valence-electron chi connectivity index (χ0n) is 10.4. The molecule has 0 unspecified atom stereocenters. The quantitative estimate of drug-likeness (QED) is 0.561. The molecular formula is C14H19BrO2. The predicted molar refractivity (Wildman–Crippen MR) is 75.9 cm³/mol. The molecule has 0 aliphatic carbocycles. The lowest BCUT2D eigenvalue weighted by Crippen LogP contribution is -2.05. The molecule has 2 nitrogen and oxygen atoms in total. The highest BCUT2D eigenvalue weighted by Gasteiger charge is 2.04. The van der Waals surface area contributed by atoms with Gasteiger partial charge in [-0.05, 0) is 25.0 Å². The van der Waals surface area contributed by atoms with E-state index in [2.05, 4.69) is 35.0 Å². The highest BCUT2D eigenvalue weighted by atomic mass is 79.9. The summed E-state index contributed by atoms with van der Waals surface area (Å²) in [5.41, 5.74) is 2.40. The van der Waals surface area contributed by atoms with E-state index in [0.717, 1.165) is 23.1 Å². The van der Waals surface area contributed by atoms with Gasteiger partial charge in [0.05, 0.1) is 6.61 Å². The second kappa shape index (κ2) is 8.31. The number of para-hydroxylation sites is 1. The van der Waals surface area contributed by atoms with Crippen LogP contribution in [0.3, 0.4) is 0 Å². The number of hydrogen-bond acceptors (Lipinski definition) is 2. The van der Waals surface area contributed by atoms with E-state index < -0.39 is 0 Å². The van der Waals surface area contributed by atoms with Crippen LogP contribution in [0.25, 0.3) is 5.57 Å².